The highest BCUT2D eigenvalue weighted by atomic mass is 15.1. The third-order valence-electron chi connectivity index (χ3n) is 3.57. The second kappa shape index (κ2) is 6.37. The van der Waals surface area contributed by atoms with Crippen LogP contribution in [0.5, 0.6) is 0 Å². The first-order chi connectivity index (χ1) is 7.94. The van der Waals surface area contributed by atoms with Gasteiger partial charge in [-0.05, 0) is 65.3 Å². The molecule has 1 atom stereocenters. The van der Waals surface area contributed by atoms with Crippen LogP contribution in [-0.2, 0) is 0 Å². The van der Waals surface area contributed by atoms with Gasteiger partial charge in [-0.15, -0.1) is 0 Å². The zero-order chi connectivity index (χ0) is 12.9. The lowest BCUT2D eigenvalue weighted by Crippen LogP contribution is -2.35. The second-order valence-corrected chi connectivity index (χ2v) is 6.02. The minimum atomic E-state index is -0.640. The van der Waals surface area contributed by atoms with E-state index in [4.69, 9.17) is 11.0 Å². The lowest BCUT2D eigenvalue weighted by Gasteiger charge is -2.26. The summed E-state index contributed by atoms with van der Waals surface area (Å²) in [6, 6.07) is 2.79. The molecule has 0 spiro atoms. The van der Waals surface area contributed by atoms with Crippen LogP contribution in [0.3, 0.4) is 0 Å². The van der Waals surface area contributed by atoms with Gasteiger partial charge in [0.25, 0.3) is 0 Å². The highest BCUT2D eigenvalue weighted by molar-refractivity contribution is 5.00. The highest BCUT2D eigenvalue weighted by Crippen LogP contribution is 2.30. The van der Waals surface area contributed by atoms with Crippen molar-refractivity contribution in [3.05, 3.63) is 0 Å². The molecule has 0 bridgehead atoms. The first-order valence-electron chi connectivity index (χ1n) is 6.89. The molecule has 0 aromatic carbocycles. The number of rotatable bonds is 8. The predicted molar refractivity (Wildman–Crippen MR) is 71.5 cm³/mol. The molecule has 1 saturated carbocycles. The molecule has 3 nitrogen and oxygen atoms in total. The van der Waals surface area contributed by atoms with Gasteiger partial charge >= 0.3 is 0 Å². The van der Waals surface area contributed by atoms with Crippen molar-refractivity contribution in [2.75, 3.05) is 13.1 Å². The van der Waals surface area contributed by atoms with Crippen molar-refractivity contribution in [2.45, 2.75) is 64.5 Å². The molecular formula is C14H27N3. The van der Waals surface area contributed by atoms with Gasteiger partial charge in [-0.1, -0.05) is 0 Å². The molecule has 1 aliphatic carbocycles. The van der Waals surface area contributed by atoms with Crippen molar-refractivity contribution >= 4 is 0 Å². The molecular weight excluding hydrogens is 210 g/mol. The third kappa shape index (κ3) is 6.05. The SMILES string of the molecule is CC(C)N(CCCCC(C)(N)C#N)CC1CC1. The molecule has 98 valence electrons. The van der Waals surface area contributed by atoms with E-state index in [0.29, 0.717) is 6.04 Å². The monoisotopic (exact) mass is 237 g/mol. The summed E-state index contributed by atoms with van der Waals surface area (Å²) in [4.78, 5) is 2.57. The fraction of sp³-hybridized carbons (Fsp3) is 0.929. The maximum absolute atomic E-state index is 8.83. The normalized spacial score (nSPS) is 19.4. The van der Waals surface area contributed by atoms with Gasteiger partial charge in [0.05, 0.1) is 6.07 Å². The average molecular weight is 237 g/mol. The van der Waals surface area contributed by atoms with Crippen molar-refractivity contribution in [2.24, 2.45) is 11.7 Å². The molecule has 0 heterocycles. The third-order valence-corrected chi connectivity index (χ3v) is 3.57. The van der Waals surface area contributed by atoms with Gasteiger partial charge in [0, 0.05) is 12.6 Å². The Kier molecular flexibility index (Phi) is 5.42. The highest BCUT2D eigenvalue weighted by Gasteiger charge is 2.25. The molecule has 1 unspecified atom stereocenters. The lowest BCUT2D eigenvalue weighted by molar-refractivity contribution is 0.207. The van der Waals surface area contributed by atoms with Crippen LogP contribution in [0.1, 0.15) is 52.9 Å². The van der Waals surface area contributed by atoms with Crippen LogP contribution in [0, 0.1) is 17.2 Å². The maximum Gasteiger partial charge on any atom is 0.101 e. The van der Waals surface area contributed by atoms with Crippen LogP contribution in [-0.4, -0.2) is 29.6 Å². The van der Waals surface area contributed by atoms with E-state index in [1.165, 1.54) is 19.4 Å². The summed E-state index contributed by atoms with van der Waals surface area (Å²) in [6.45, 7) is 8.76. The van der Waals surface area contributed by atoms with E-state index in [1.807, 2.05) is 6.92 Å². The van der Waals surface area contributed by atoms with Crippen molar-refractivity contribution in [3.63, 3.8) is 0 Å². The summed E-state index contributed by atoms with van der Waals surface area (Å²) in [6.07, 6.45) is 5.84. The summed E-state index contributed by atoms with van der Waals surface area (Å²) >= 11 is 0. The van der Waals surface area contributed by atoms with Gasteiger partial charge in [-0.3, -0.25) is 0 Å². The van der Waals surface area contributed by atoms with Crippen molar-refractivity contribution < 1.29 is 0 Å². The van der Waals surface area contributed by atoms with Crippen LogP contribution in [0.4, 0.5) is 0 Å². The Morgan fingerprint density at radius 1 is 1.41 bits per heavy atom. The lowest BCUT2D eigenvalue weighted by atomic mass is 9.98. The summed E-state index contributed by atoms with van der Waals surface area (Å²) in [7, 11) is 0. The molecule has 3 heteroatoms. The van der Waals surface area contributed by atoms with Crippen LogP contribution < -0.4 is 5.73 Å². The molecule has 1 fully saturated rings. The van der Waals surface area contributed by atoms with Gasteiger partial charge < -0.3 is 10.6 Å². The van der Waals surface area contributed by atoms with Crippen molar-refractivity contribution in [1.82, 2.24) is 4.90 Å². The summed E-state index contributed by atoms with van der Waals surface area (Å²) in [5.41, 5.74) is 5.17. The minimum Gasteiger partial charge on any atom is -0.314 e. The topological polar surface area (TPSA) is 53.0 Å². The van der Waals surface area contributed by atoms with E-state index in [2.05, 4.69) is 24.8 Å². The van der Waals surface area contributed by atoms with Gasteiger partial charge in [0.2, 0.25) is 0 Å². The molecule has 1 aliphatic rings. The van der Waals surface area contributed by atoms with E-state index in [-0.39, 0.29) is 0 Å². The predicted octanol–water partition coefficient (Wildman–Crippen LogP) is 2.52. The Labute approximate surface area is 106 Å². The van der Waals surface area contributed by atoms with Gasteiger partial charge in [0.1, 0.15) is 5.54 Å². The Hall–Kier alpha value is -0.590. The van der Waals surface area contributed by atoms with E-state index in [0.717, 1.165) is 31.7 Å². The first kappa shape index (κ1) is 14.5. The largest absolute Gasteiger partial charge is 0.314 e. The summed E-state index contributed by atoms with van der Waals surface area (Å²) in [5, 5.41) is 8.83. The molecule has 0 aliphatic heterocycles. The fourth-order valence-electron chi connectivity index (χ4n) is 2.06. The average Bonchev–Trinajstić information content (AvgIpc) is 3.06. The zero-order valence-electron chi connectivity index (χ0n) is 11.6. The zero-order valence-corrected chi connectivity index (χ0v) is 11.6. The molecule has 0 radical (unpaired) electrons. The molecule has 0 saturated heterocycles. The second-order valence-electron chi connectivity index (χ2n) is 6.02. The van der Waals surface area contributed by atoms with Gasteiger partial charge in [0.15, 0.2) is 0 Å². The standard InChI is InChI=1S/C14H27N3/c1-12(2)17(10-13-6-7-13)9-5-4-8-14(3,16)11-15/h12-13H,4-10,16H2,1-3H3. The molecule has 1 rings (SSSR count). The number of nitriles is 1. The Bertz CT molecular complexity index is 261. The number of nitrogens with zero attached hydrogens (tertiary/aromatic N) is 2. The van der Waals surface area contributed by atoms with E-state index < -0.39 is 5.54 Å². The number of hydrogen-bond donors (Lipinski definition) is 1. The number of nitrogens with two attached hydrogens (primary N) is 1. The van der Waals surface area contributed by atoms with E-state index in [1.54, 1.807) is 0 Å². The maximum atomic E-state index is 8.83. The van der Waals surface area contributed by atoms with Crippen LogP contribution in [0.15, 0.2) is 0 Å². The van der Waals surface area contributed by atoms with Crippen molar-refractivity contribution in [3.8, 4) is 6.07 Å². The summed E-state index contributed by atoms with van der Waals surface area (Å²) < 4.78 is 0. The summed E-state index contributed by atoms with van der Waals surface area (Å²) in [5.74, 6) is 0.955. The Balaban J connectivity index is 2.16. The van der Waals surface area contributed by atoms with Gasteiger partial charge in [-0.25, -0.2) is 0 Å². The number of hydrogen-bond acceptors (Lipinski definition) is 3. The van der Waals surface area contributed by atoms with Crippen molar-refractivity contribution in [1.29, 1.82) is 5.26 Å². The van der Waals surface area contributed by atoms with E-state index >= 15 is 0 Å². The smallest absolute Gasteiger partial charge is 0.101 e. The van der Waals surface area contributed by atoms with Crippen LogP contribution in [0.25, 0.3) is 0 Å². The number of unbranched alkanes of at least 4 members (excludes halogenated alkanes) is 1. The fourth-order valence-corrected chi connectivity index (χ4v) is 2.06. The molecule has 0 aromatic heterocycles. The van der Waals surface area contributed by atoms with Crippen LogP contribution >= 0.6 is 0 Å². The minimum absolute atomic E-state index is 0.635. The molecule has 0 amide bonds. The van der Waals surface area contributed by atoms with E-state index in [9.17, 15) is 0 Å². The molecule has 2 N–H and O–H groups in total. The quantitative estimate of drug-likeness (QED) is 0.660. The Morgan fingerprint density at radius 2 is 2.06 bits per heavy atom. The molecule has 0 aromatic rings. The van der Waals surface area contributed by atoms with Crippen LogP contribution in [0.2, 0.25) is 0 Å². The van der Waals surface area contributed by atoms with Gasteiger partial charge in [-0.2, -0.15) is 5.26 Å². The first-order valence-corrected chi connectivity index (χ1v) is 6.89. The Morgan fingerprint density at radius 3 is 2.53 bits per heavy atom. The molecule has 17 heavy (non-hydrogen) atoms.